The summed E-state index contributed by atoms with van der Waals surface area (Å²) in [6.45, 7) is 6.40. The number of ether oxygens (including phenoxy) is 1. The Balaban J connectivity index is 2.10. The van der Waals surface area contributed by atoms with Crippen molar-refractivity contribution >= 4 is 15.8 Å². The highest BCUT2D eigenvalue weighted by molar-refractivity contribution is 7.91. The van der Waals surface area contributed by atoms with Crippen LogP contribution in [0.2, 0.25) is 0 Å². The van der Waals surface area contributed by atoms with E-state index in [-0.39, 0.29) is 11.5 Å². The number of rotatable bonds is 10. The molecule has 9 heteroatoms. The first-order valence-corrected chi connectivity index (χ1v) is 10.3. The fourth-order valence-corrected chi connectivity index (χ4v) is 3.76. The molecule has 1 saturated heterocycles. The fourth-order valence-electron chi connectivity index (χ4n) is 2.48. The molecule has 1 rings (SSSR count). The Kier molecular flexibility index (Phi) is 10.2. The van der Waals surface area contributed by atoms with E-state index < -0.39 is 9.84 Å². The van der Waals surface area contributed by atoms with Gasteiger partial charge in [0.1, 0.15) is 0 Å². The highest BCUT2D eigenvalue weighted by Gasteiger charge is 2.20. The van der Waals surface area contributed by atoms with Crippen molar-refractivity contribution in [3.05, 3.63) is 0 Å². The molecule has 1 aliphatic rings. The van der Waals surface area contributed by atoms with Crippen LogP contribution < -0.4 is 10.6 Å². The van der Waals surface area contributed by atoms with E-state index in [1.807, 2.05) is 0 Å². The van der Waals surface area contributed by atoms with E-state index in [0.717, 1.165) is 51.7 Å². The Bertz CT molecular complexity index is 456. The summed E-state index contributed by atoms with van der Waals surface area (Å²) in [5.41, 5.74) is 0. The number of nitrogens with zero attached hydrogens (tertiary/aromatic N) is 3. The third kappa shape index (κ3) is 9.41. The molecule has 0 aliphatic carbocycles. The predicted octanol–water partition coefficient (Wildman–Crippen LogP) is -1.15. The molecule has 142 valence electrons. The van der Waals surface area contributed by atoms with Crippen molar-refractivity contribution in [3.8, 4) is 0 Å². The average molecular weight is 364 g/mol. The molecule has 8 nitrogen and oxygen atoms in total. The third-order valence-corrected chi connectivity index (χ3v) is 5.66. The largest absolute Gasteiger partial charge is 0.385 e. The Labute approximate surface area is 146 Å². The molecule has 0 radical (unpaired) electrons. The summed E-state index contributed by atoms with van der Waals surface area (Å²) in [5.74, 6) is 1.33. The number of nitrogens with one attached hydrogen (secondary N) is 2. The first-order chi connectivity index (χ1) is 11.5. The van der Waals surface area contributed by atoms with Crippen LogP contribution in [0.15, 0.2) is 4.99 Å². The van der Waals surface area contributed by atoms with Crippen molar-refractivity contribution in [2.45, 2.75) is 6.42 Å². The molecule has 1 heterocycles. The highest BCUT2D eigenvalue weighted by Crippen LogP contribution is 2.02. The second-order valence-corrected chi connectivity index (χ2v) is 8.37. The minimum atomic E-state index is -2.80. The summed E-state index contributed by atoms with van der Waals surface area (Å²) in [4.78, 5) is 8.64. The zero-order chi connectivity index (χ0) is 17.8. The number of hydrogen-bond acceptors (Lipinski definition) is 6. The van der Waals surface area contributed by atoms with Crippen molar-refractivity contribution < 1.29 is 13.2 Å². The summed E-state index contributed by atoms with van der Waals surface area (Å²) in [7, 11) is 2.77. The van der Waals surface area contributed by atoms with Crippen molar-refractivity contribution in [1.29, 1.82) is 0 Å². The summed E-state index contributed by atoms with van der Waals surface area (Å²) < 4.78 is 27.8. The zero-order valence-corrected chi connectivity index (χ0v) is 16.1. The van der Waals surface area contributed by atoms with Crippen LogP contribution in [0.1, 0.15) is 6.42 Å². The molecule has 0 aromatic heterocycles. The van der Waals surface area contributed by atoms with Crippen LogP contribution >= 0.6 is 0 Å². The van der Waals surface area contributed by atoms with Crippen LogP contribution in [0, 0.1) is 0 Å². The van der Waals surface area contributed by atoms with Crippen LogP contribution in [0.5, 0.6) is 0 Å². The lowest BCUT2D eigenvalue weighted by Crippen LogP contribution is -2.46. The molecule has 1 fully saturated rings. The van der Waals surface area contributed by atoms with E-state index in [0.29, 0.717) is 13.1 Å². The maximum Gasteiger partial charge on any atom is 0.191 e. The number of aliphatic imine (C=N–C) groups is 1. The Morgan fingerprint density at radius 1 is 1.21 bits per heavy atom. The molecule has 0 unspecified atom stereocenters. The van der Waals surface area contributed by atoms with Crippen LogP contribution in [0.4, 0.5) is 0 Å². The maximum absolute atomic E-state index is 11.4. The number of likely N-dealkylation sites (N-methyl/N-ethyl adjacent to an activating group) is 1. The van der Waals surface area contributed by atoms with Gasteiger partial charge in [0.25, 0.3) is 0 Å². The standard InChI is InChI=1S/C15H33N5O3S/c1-16-15(17-5-8-19(2)7-4-12-23-3)18-6-9-20-10-13-24(21,22)14-11-20/h4-14H2,1-3H3,(H2,16,17,18). The first-order valence-electron chi connectivity index (χ1n) is 8.51. The predicted molar refractivity (Wildman–Crippen MR) is 98.4 cm³/mol. The molecule has 0 saturated carbocycles. The van der Waals surface area contributed by atoms with Crippen LogP contribution in [-0.2, 0) is 14.6 Å². The molecule has 0 aromatic rings. The molecule has 0 bridgehead atoms. The van der Waals surface area contributed by atoms with Gasteiger partial charge in [0.2, 0.25) is 0 Å². The second kappa shape index (κ2) is 11.6. The molecule has 1 aliphatic heterocycles. The van der Waals surface area contributed by atoms with Gasteiger partial charge < -0.3 is 20.3 Å². The van der Waals surface area contributed by atoms with Gasteiger partial charge in [-0.1, -0.05) is 0 Å². The van der Waals surface area contributed by atoms with Gasteiger partial charge in [-0.3, -0.25) is 9.89 Å². The van der Waals surface area contributed by atoms with E-state index in [2.05, 4.69) is 32.5 Å². The van der Waals surface area contributed by atoms with E-state index in [1.165, 1.54) is 0 Å². The smallest absolute Gasteiger partial charge is 0.191 e. The minimum Gasteiger partial charge on any atom is -0.385 e. The Morgan fingerprint density at radius 3 is 2.50 bits per heavy atom. The van der Waals surface area contributed by atoms with Crippen LogP contribution in [-0.4, -0.2) is 109 Å². The van der Waals surface area contributed by atoms with Gasteiger partial charge in [0.05, 0.1) is 11.5 Å². The van der Waals surface area contributed by atoms with Gasteiger partial charge in [-0.25, -0.2) is 8.42 Å². The maximum atomic E-state index is 11.4. The summed E-state index contributed by atoms with van der Waals surface area (Å²) >= 11 is 0. The van der Waals surface area contributed by atoms with Gasteiger partial charge in [-0.2, -0.15) is 0 Å². The first kappa shape index (κ1) is 21.1. The summed E-state index contributed by atoms with van der Waals surface area (Å²) in [5, 5.41) is 6.57. The normalized spacial score (nSPS) is 18.8. The quantitative estimate of drug-likeness (QED) is 0.288. The average Bonchev–Trinajstić information content (AvgIpc) is 2.55. The van der Waals surface area contributed by atoms with Crippen molar-refractivity contribution in [1.82, 2.24) is 20.4 Å². The van der Waals surface area contributed by atoms with Crippen LogP contribution in [0.25, 0.3) is 0 Å². The lowest BCUT2D eigenvalue weighted by molar-refractivity contribution is 0.180. The Morgan fingerprint density at radius 2 is 1.88 bits per heavy atom. The number of methoxy groups -OCH3 is 1. The fraction of sp³-hybridized carbons (Fsp3) is 0.933. The monoisotopic (exact) mass is 363 g/mol. The zero-order valence-electron chi connectivity index (χ0n) is 15.3. The topological polar surface area (TPSA) is 86.3 Å². The number of sulfone groups is 1. The highest BCUT2D eigenvalue weighted by atomic mass is 32.2. The molecular formula is C15H33N5O3S. The molecule has 0 amide bonds. The van der Waals surface area contributed by atoms with Crippen LogP contribution in [0.3, 0.4) is 0 Å². The van der Waals surface area contributed by atoms with E-state index in [4.69, 9.17) is 4.74 Å². The number of hydrogen-bond donors (Lipinski definition) is 2. The number of guanidine groups is 1. The van der Waals surface area contributed by atoms with Gasteiger partial charge in [-0.15, -0.1) is 0 Å². The minimum absolute atomic E-state index is 0.273. The summed E-state index contributed by atoms with van der Waals surface area (Å²) in [6, 6.07) is 0. The molecule has 0 spiro atoms. The van der Waals surface area contributed by atoms with Gasteiger partial charge in [0.15, 0.2) is 15.8 Å². The molecule has 2 N–H and O–H groups in total. The van der Waals surface area contributed by atoms with Gasteiger partial charge in [-0.05, 0) is 13.5 Å². The molecular weight excluding hydrogens is 330 g/mol. The van der Waals surface area contributed by atoms with Crippen molar-refractivity contribution in [3.63, 3.8) is 0 Å². The van der Waals surface area contributed by atoms with E-state index in [9.17, 15) is 8.42 Å². The lowest BCUT2D eigenvalue weighted by Gasteiger charge is -2.26. The van der Waals surface area contributed by atoms with Crippen molar-refractivity contribution in [2.24, 2.45) is 4.99 Å². The van der Waals surface area contributed by atoms with Gasteiger partial charge >= 0.3 is 0 Å². The van der Waals surface area contributed by atoms with Gasteiger partial charge in [0, 0.05) is 66.6 Å². The second-order valence-electron chi connectivity index (χ2n) is 6.07. The molecule has 0 atom stereocenters. The van der Waals surface area contributed by atoms with E-state index in [1.54, 1.807) is 14.2 Å². The summed E-state index contributed by atoms with van der Waals surface area (Å²) in [6.07, 6.45) is 1.03. The van der Waals surface area contributed by atoms with E-state index >= 15 is 0 Å². The SMILES string of the molecule is CN=C(NCCN(C)CCCOC)NCCN1CCS(=O)(=O)CC1. The van der Waals surface area contributed by atoms with Crippen molar-refractivity contribution in [2.75, 3.05) is 85.1 Å². The molecule has 24 heavy (non-hydrogen) atoms. The third-order valence-electron chi connectivity index (χ3n) is 4.06. The lowest BCUT2D eigenvalue weighted by atomic mass is 10.4. The Hall–Kier alpha value is -0.900. The molecule has 0 aromatic carbocycles.